The standard InChI is InChI=1S/C16H13BrO2/c17-14-8-9-19-16(14)15(18)10-12-6-3-5-11-4-1-2-7-13(11)12/h1-9,15,18H,10H2. The summed E-state index contributed by atoms with van der Waals surface area (Å²) < 4.78 is 6.12. The highest BCUT2D eigenvalue weighted by molar-refractivity contribution is 9.10. The number of rotatable bonds is 3. The molecule has 1 heterocycles. The van der Waals surface area contributed by atoms with E-state index in [1.54, 1.807) is 12.3 Å². The molecular formula is C16H13BrO2. The molecule has 3 aromatic rings. The van der Waals surface area contributed by atoms with E-state index in [1.807, 2.05) is 24.3 Å². The molecule has 0 spiro atoms. The largest absolute Gasteiger partial charge is 0.465 e. The lowest BCUT2D eigenvalue weighted by atomic mass is 9.99. The molecule has 2 nitrogen and oxygen atoms in total. The maximum Gasteiger partial charge on any atom is 0.146 e. The maximum atomic E-state index is 10.3. The van der Waals surface area contributed by atoms with Crippen LogP contribution in [0.2, 0.25) is 0 Å². The van der Waals surface area contributed by atoms with Gasteiger partial charge < -0.3 is 9.52 Å². The van der Waals surface area contributed by atoms with Gasteiger partial charge in [0.2, 0.25) is 0 Å². The molecule has 0 radical (unpaired) electrons. The molecule has 0 saturated carbocycles. The van der Waals surface area contributed by atoms with Gasteiger partial charge >= 0.3 is 0 Å². The fourth-order valence-electron chi connectivity index (χ4n) is 2.31. The van der Waals surface area contributed by atoms with Crippen molar-refractivity contribution in [1.29, 1.82) is 0 Å². The number of hydrogen-bond donors (Lipinski definition) is 1. The first-order valence-electron chi connectivity index (χ1n) is 6.13. The van der Waals surface area contributed by atoms with Crippen molar-refractivity contribution in [2.45, 2.75) is 12.5 Å². The topological polar surface area (TPSA) is 33.4 Å². The second kappa shape index (κ2) is 5.19. The fourth-order valence-corrected chi connectivity index (χ4v) is 2.78. The van der Waals surface area contributed by atoms with Gasteiger partial charge in [-0.2, -0.15) is 0 Å². The van der Waals surface area contributed by atoms with Crippen molar-refractivity contribution in [2.75, 3.05) is 0 Å². The third-order valence-corrected chi connectivity index (χ3v) is 3.90. The minimum absolute atomic E-state index is 0.535. The van der Waals surface area contributed by atoms with Crippen molar-refractivity contribution in [2.24, 2.45) is 0 Å². The van der Waals surface area contributed by atoms with E-state index < -0.39 is 6.10 Å². The molecule has 3 heteroatoms. The molecular weight excluding hydrogens is 304 g/mol. The van der Waals surface area contributed by atoms with Gasteiger partial charge in [0.1, 0.15) is 11.9 Å². The lowest BCUT2D eigenvalue weighted by Crippen LogP contribution is -2.01. The van der Waals surface area contributed by atoms with Crippen LogP contribution in [0.25, 0.3) is 10.8 Å². The van der Waals surface area contributed by atoms with Gasteiger partial charge in [0.05, 0.1) is 10.7 Å². The van der Waals surface area contributed by atoms with E-state index in [9.17, 15) is 5.11 Å². The summed E-state index contributed by atoms with van der Waals surface area (Å²) in [5.74, 6) is 0.577. The van der Waals surface area contributed by atoms with Gasteiger partial charge in [-0.05, 0) is 38.3 Å². The summed E-state index contributed by atoms with van der Waals surface area (Å²) >= 11 is 3.38. The number of aliphatic hydroxyl groups excluding tert-OH is 1. The van der Waals surface area contributed by atoms with E-state index in [1.165, 1.54) is 10.8 Å². The van der Waals surface area contributed by atoms with Crippen LogP contribution in [0.15, 0.2) is 63.7 Å². The van der Waals surface area contributed by atoms with Crippen molar-refractivity contribution < 1.29 is 9.52 Å². The van der Waals surface area contributed by atoms with Crippen molar-refractivity contribution >= 4 is 26.7 Å². The predicted octanol–water partition coefficient (Wildman–Crippen LogP) is 4.47. The lowest BCUT2D eigenvalue weighted by Gasteiger charge is -2.11. The van der Waals surface area contributed by atoms with Gasteiger partial charge in [0, 0.05) is 6.42 Å². The van der Waals surface area contributed by atoms with Gasteiger partial charge in [0.15, 0.2) is 0 Å². The number of fused-ring (bicyclic) bond motifs is 1. The van der Waals surface area contributed by atoms with Gasteiger partial charge in [-0.25, -0.2) is 0 Å². The van der Waals surface area contributed by atoms with Crippen molar-refractivity contribution in [3.8, 4) is 0 Å². The third-order valence-electron chi connectivity index (χ3n) is 3.24. The zero-order chi connectivity index (χ0) is 13.2. The Morgan fingerprint density at radius 1 is 1.05 bits per heavy atom. The summed E-state index contributed by atoms with van der Waals surface area (Å²) in [6.07, 6.45) is 1.47. The lowest BCUT2D eigenvalue weighted by molar-refractivity contribution is 0.149. The molecule has 96 valence electrons. The molecule has 0 amide bonds. The monoisotopic (exact) mass is 316 g/mol. The van der Waals surface area contributed by atoms with Gasteiger partial charge in [-0.3, -0.25) is 0 Å². The second-order valence-electron chi connectivity index (χ2n) is 4.49. The highest BCUT2D eigenvalue weighted by Crippen LogP contribution is 2.29. The minimum atomic E-state index is -0.643. The van der Waals surface area contributed by atoms with E-state index in [-0.39, 0.29) is 0 Å². The summed E-state index contributed by atoms with van der Waals surface area (Å²) in [6, 6.07) is 16.1. The van der Waals surface area contributed by atoms with Crippen LogP contribution < -0.4 is 0 Å². The normalized spacial score (nSPS) is 12.7. The molecule has 0 bridgehead atoms. The van der Waals surface area contributed by atoms with Gasteiger partial charge in [0.25, 0.3) is 0 Å². The summed E-state index contributed by atoms with van der Waals surface area (Å²) in [6.45, 7) is 0. The molecule has 1 atom stereocenters. The Morgan fingerprint density at radius 2 is 1.84 bits per heavy atom. The SMILES string of the molecule is OC(Cc1cccc2ccccc12)c1occc1Br. The zero-order valence-corrected chi connectivity index (χ0v) is 11.8. The zero-order valence-electron chi connectivity index (χ0n) is 10.2. The first kappa shape index (κ1) is 12.5. The number of aliphatic hydroxyl groups is 1. The smallest absolute Gasteiger partial charge is 0.146 e. The van der Waals surface area contributed by atoms with Crippen LogP contribution in [0, 0.1) is 0 Å². The molecule has 2 aromatic carbocycles. The molecule has 0 aliphatic rings. The molecule has 0 aliphatic carbocycles. The number of benzene rings is 2. The highest BCUT2D eigenvalue weighted by Gasteiger charge is 2.16. The molecule has 19 heavy (non-hydrogen) atoms. The Labute approximate surface area is 119 Å². The van der Waals surface area contributed by atoms with Crippen LogP contribution in [-0.4, -0.2) is 5.11 Å². The second-order valence-corrected chi connectivity index (χ2v) is 5.35. The van der Waals surface area contributed by atoms with E-state index in [0.29, 0.717) is 12.2 Å². The van der Waals surface area contributed by atoms with Crippen LogP contribution in [0.3, 0.4) is 0 Å². The van der Waals surface area contributed by atoms with Crippen molar-refractivity contribution in [3.05, 3.63) is 70.6 Å². The van der Waals surface area contributed by atoms with Crippen LogP contribution in [0.1, 0.15) is 17.4 Å². The van der Waals surface area contributed by atoms with Gasteiger partial charge in [-0.1, -0.05) is 42.5 Å². The summed E-state index contributed by atoms with van der Waals surface area (Å²) in [7, 11) is 0. The third kappa shape index (κ3) is 2.44. The van der Waals surface area contributed by atoms with Crippen molar-refractivity contribution in [1.82, 2.24) is 0 Å². The number of furan rings is 1. The maximum absolute atomic E-state index is 10.3. The van der Waals surface area contributed by atoms with E-state index in [2.05, 4.69) is 34.1 Å². The van der Waals surface area contributed by atoms with E-state index in [4.69, 9.17) is 4.42 Å². The number of halogens is 1. The molecule has 0 fully saturated rings. The van der Waals surface area contributed by atoms with Gasteiger partial charge in [-0.15, -0.1) is 0 Å². The first-order chi connectivity index (χ1) is 9.25. The number of hydrogen-bond acceptors (Lipinski definition) is 2. The first-order valence-corrected chi connectivity index (χ1v) is 6.92. The summed E-state index contributed by atoms with van der Waals surface area (Å²) in [4.78, 5) is 0. The van der Waals surface area contributed by atoms with E-state index >= 15 is 0 Å². The molecule has 1 unspecified atom stereocenters. The Hall–Kier alpha value is -1.58. The van der Waals surface area contributed by atoms with Crippen LogP contribution >= 0.6 is 15.9 Å². The van der Waals surface area contributed by atoms with Crippen molar-refractivity contribution in [3.63, 3.8) is 0 Å². The summed E-state index contributed by atoms with van der Waals surface area (Å²) in [5, 5.41) is 12.6. The van der Waals surface area contributed by atoms with Crippen LogP contribution in [-0.2, 0) is 6.42 Å². The van der Waals surface area contributed by atoms with Crippen LogP contribution in [0.4, 0.5) is 0 Å². The summed E-state index contributed by atoms with van der Waals surface area (Å²) in [5.41, 5.74) is 1.12. The fraction of sp³-hybridized carbons (Fsp3) is 0.125. The molecule has 0 aliphatic heterocycles. The average Bonchev–Trinajstić information content (AvgIpc) is 2.85. The quantitative estimate of drug-likeness (QED) is 0.773. The molecule has 1 N–H and O–H groups in total. The van der Waals surface area contributed by atoms with E-state index in [0.717, 1.165) is 10.0 Å². The molecule has 0 saturated heterocycles. The Bertz CT molecular complexity index is 697. The molecule has 3 rings (SSSR count). The average molecular weight is 317 g/mol. The minimum Gasteiger partial charge on any atom is -0.465 e. The molecule has 1 aromatic heterocycles. The predicted molar refractivity (Wildman–Crippen MR) is 79.0 cm³/mol. The Kier molecular flexibility index (Phi) is 3.40. The van der Waals surface area contributed by atoms with Crippen LogP contribution in [0.5, 0.6) is 0 Å². The highest BCUT2D eigenvalue weighted by atomic mass is 79.9. The Balaban J connectivity index is 1.96. The Morgan fingerprint density at radius 3 is 2.63 bits per heavy atom.